The molecule has 5 aromatic rings. The number of hydrogen-bond donors (Lipinski definition) is 0. The third-order valence-corrected chi connectivity index (χ3v) is 5.36. The molecular formula is C27H18O7. The van der Waals surface area contributed by atoms with Gasteiger partial charge in [-0.05, 0) is 55.8 Å². The largest absolute Gasteiger partial charge is 0.460 e. The molecule has 0 atom stereocenters. The normalized spacial score (nSPS) is 11.0. The summed E-state index contributed by atoms with van der Waals surface area (Å²) in [5.74, 6) is 0.0115. The molecule has 7 heteroatoms. The zero-order valence-corrected chi connectivity index (χ0v) is 18.3. The van der Waals surface area contributed by atoms with Crippen LogP contribution < -0.4 is 20.5 Å². The summed E-state index contributed by atoms with van der Waals surface area (Å²) in [6.45, 7) is 3.74. The Morgan fingerprint density at radius 2 is 1.50 bits per heavy atom. The average molecular weight is 454 g/mol. The molecule has 0 N–H and O–H groups in total. The highest BCUT2D eigenvalue weighted by atomic mass is 16.5. The van der Waals surface area contributed by atoms with Gasteiger partial charge in [0.2, 0.25) is 11.2 Å². The van der Waals surface area contributed by atoms with Crippen LogP contribution in [0.25, 0.3) is 21.9 Å². The minimum Gasteiger partial charge on any atom is -0.460 e. The van der Waals surface area contributed by atoms with Crippen molar-refractivity contribution >= 4 is 27.9 Å². The number of carbonyl (C=O) groups excluding carboxylic acids is 1. The Hall–Kier alpha value is -4.65. The Kier molecular flexibility index (Phi) is 5.22. The fourth-order valence-corrected chi connectivity index (χ4v) is 3.58. The second kappa shape index (κ2) is 8.37. The van der Waals surface area contributed by atoms with E-state index < -0.39 is 17.0 Å². The highest BCUT2D eigenvalue weighted by Gasteiger charge is 2.14. The summed E-state index contributed by atoms with van der Waals surface area (Å²) < 4.78 is 21.9. The van der Waals surface area contributed by atoms with Gasteiger partial charge in [-0.15, -0.1) is 0 Å². The predicted molar refractivity (Wildman–Crippen MR) is 126 cm³/mol. The highest BCUT2D eigenvalue weighted by molar-refractivity contribution is 5.91. The van der Waals surface area contributed by atoms with Crippen molar-refractivity contribution in [3.63, 3.8) is 0 Å². The molecule has 0 bridgehead atoms. The second-order valence-electron chi connectivity index (χ2n) is 7.85. The van der Waals surface area contributed by atoms with Crippen molar-refractivity contribution in [1.29, 1.82) is 0 Å². The highest BCUT2D eigenvalue weighted by Crippen LogP contribution is 2.27. The summed E-state index contributed by atoms with van der Waals surface area (Å²) in [7, 11) is 0. The van der Waals surface area contributed by atoms with Crippen LogP contribution in [0.4, 0.5) is 0 Å². The fourth-order valence-electron chi connectivity index (χ4n) is 3.58. The molecule has 0 spiro atoms. The van der Waals surface area contributed by atoms with Crippen LogP contribution in [0.1, 0.15) is 21.5 Å². The first kappa shape index (κ1) is 21.2. The van der Waals surface area contributed by atoms with Crippen LogP contribution in [0.2, 0.25) is 0 Å². The topological polar surface area (TPSA) is 96.0 Å². The number of hydrogen-bond acceptors (Lipinski definition) is 7. The summed E-state index contributed by atoms with van der Waals surface area (Å²) in [5, 5.41) is 1.03. The molecule has 0 fully saturated rings. The van der Waals surface area contributed by atoms with E-state index in [0.717, 1.165) is 16.5 Å². The molecule has 7 nitrogen and oxygen atoms in total. The lowest BCUT2D eigenvalue weighted by Gasteiger charge is -2.08. The van der Waals surface area contributed by atoms with Crippen molar-refractivity contribution < 1.29 is 23.1 Å². The van der Waals surface area contributed by atoms with Gasteiger partial charge in [0, 0.05) is 23.6 Å². The van der Waals surface area contributed by atoms with E-state index in [1.54, 1.807) is 30.3 Å². The molecule has 0 saturated heterocycles. The number of esters is 1. The number of ether oxygens (including phenoxy) is 2. The van der Waals surface area contributed by atoms with Gasteiger partial charge in [0.15, 0.2) is 0 Å². The van der Waals surface area contributed by atoms with Crippen LogP contribution in [-0.2, 0) is 0 Å². The lowest BCUT2D eigenvalue weighted by molar-refractivity contribution is 0.0735. The van der Waals surface area contributed by atoms with Crippen LogP contribution in [0, 0.1) is 13.8 Å². The van der Waals surface area contributed by atoms with E-state index in [1.165, 1.54) is 30.5 Å². The molecule has 0 saturated carbocycles. The van der Waals surface area contributed by atoms with Gasteiger partial charge in [-0.1, -0.05) is 17.7 Å². The second-order valence-corrected chi connectivity index (χ2v) is 7.85. The van der Waals surface area contributed by atoms with Gasteiger partial charge in [0.05, 0.1) is 10.9 Å². The van der Waals surface area contributed by atoms with Gasteiger partial charge < -0.3 is 18.3 Å². The molecular weight excluding hydrogens is 436 g/mol. The Morgan fingerprint density at radius 1 is 0.794 bits per heavy atom. The Morgan fingerprint density at radius 3 is 2.29 bits per heavy atom. The summed E-state index contributed by atoms with van der Waals surface area (Å²) in [6, 6.07) is 17.9. The quantitative estimate of drug-likeness (QED) is 0.200. The monoisotopic (exact) mass is 454 g/mol. The van der Waals surface area contributed by atoms with Crippen molar-refractivity contribution in [3.8, 4) is 17.2 Å². The number of rotatable bonds is 4. The summed E-state index contributed by atoms with van der Waals surface area (Å²) in [4.78, 5) is 36.9. The van der Waals surface area contributed by atoms with E-state index in [0.29, 0.717) is 16.9 Å². The summed E-state index contributed by atoms with van der Waals surface area (Å²) in [6.07, 6.45) is 1.19. The van der Waals surface area contributed by atoms with E-state index in [4.69, 9.17) is 18.3 Å². The van der Waals surface area contributed by atoms with E-state index in [2.05, 4.69) is 0 Å². The van der Waals surface area contributed by atoms with E-state index in [9.17, 15) is 14.4 Å². The van der Waals surface area contributed by atoms with Gasteiger partial charge in [0.25, 0.3) is 0 Å². The maximum atomic E-state index is 12.9. The minimum atomic E-state index is -0.514. The molecule has 0 aliphatic rings. The molecule has 0 radical (unpaired) electrons. The van der Waals surface area contributed by atoms with Gasteiger partial charge in [-0.25, -0.2) is 9.59 Å². The van der Waals surface area contributed by atoms with E-state index in [1.807, 2.05) is 26.0 Å². The maximum absolute atomic E-state index is 12.9. The SMILES string of the molecule is Cc1ccc(C(=O)Oc2ccc3c(=O)c(Oc4ccc5c(C)cc(=O)oc5c4)coc3c2)cc1. The van der Waals surface area contributed by atoms with E-state index in [-0.39, 0.29) is 22.5 Å². The fraction of sp³-hybridized carbons (Fsp3) is 0.0741. The third kappa shape index (κ3) is 4.06. The van der Waals surface area contributed by atoms with E-state index >= 15 is 0 Å². The molecule has 3 aromatic carbocycles. The van der Waals surface area contributed by atoms with Crippen molar-refractivity contribution in [2.45, 2.75) is 13.8 Å². The number of fused-ring (bicyclic) bond motifs is 2. The summed E-state index contributed by atoms with van der Waals surface area (Å²) in [5.41, 5.74) is 1.96. The first-order chi connectivity index (χ1) is 16.4. The molecule has 2 heterocycles. The Bertz CT molecular complexity index is 1670. The molecule has 34 heavy (non-hydrogen) atoms. The molecule has 0 aliphatic heterocycles. The number of carbonyl (C=O) groups is 1. The van der Waals surface area contributed by atoms with Gasteiger partial charge in [-0.3, -0.25) is 4.79 Å². The molecule has 0 aliphatic carbocycles. The smallest absolute Gasteiger partial charge is 0.343 e. The van der Waals surface area contributed by atoms with Gasteiger partial charge in [0.1, 0.15) is 28.9 Å². The molecule has 5 rings (SSSR count). The van der Waals surface area contributed by atoms with Gasteiger partial charge in [-0.2, -0.15) is 0 Å². The van der Waals surface area contributed by atoms with Crippen molar-refractivity contribution in [2.24, 2.45) is 0 Å². The standard InChI is InChI=1S/C27H18O7/c1-15-3-5-17(6-4-15)27(30)33-19-8-10-21-22(12-19)31-14-24(26(21)29)32-18-7-9-20-16(2)11-25(28)34-23(20)13-18/h3-14H,1-2H3. The first-order valence-electron chi connectivity index (χ1n) is 10.4. The molecule has 168 valence electrons. The maximum Gasteiger partial charge on any atom is 0.343 e. The van der Waals surface area contributed by atoms with Crippen molar-refractivity contribution in [1.82, 2.24) is 0 Å². The average Bonchev–Trinajstić information content (AvgIpc) is 2.81. The third-order valence-electron chi connectivity index (χ3n) is 5.36. The zero-order valence-electron chi connectivity index (χ0n) is 18.3. The predicted octanol–water partition coefficient (Wildman–Crippen LogP) is 5.53. The summed E-state index contributed by atoms with van der Waals surface area (Å²) >= 11 is 0. The van der Waals surface area contributed by atoms with Crippen LogP contribution >= 0.6 is 0 Å². The van der Waals surface area contributed by atoms with Crippen molar-refractivity contribution in [3.05, 3.63) is 110 Å². The van der Waals surface area contributed by atoms with Crippen LogP contribution in [0.3, 0.4) is 0 Å². The zero-order chi connectivity index (χ0) is 23.8. The van der Waals surface area contributed by atoms with Crippen LogP contribution in [0.15, 0.2) is 91.4 Å². The van der Waals surface area contributed by atoms with Crippen LogP contribution in [0.5, 0.6) is 17.2 Å². The Balaban J connectivity index is 1.42. The molecule has 2 aromatic heterocycles. The molecule has 0 unspecified atom stereocenters. The lowest BCUT2D eigenvalue weighted by Crippen LogP contribution is -2.09. The molecule has 0 amide bonds. The van der Waals surface area contributed by atoms with Crippen molar-refractivity contribution in [2.75, 3.05) is 0 Å². The first-order valence-corrected chi connectivity index (χ1v) is 10.4. The van der Waals surface area contributed by atoms with Gasteiger partial charge >= 0.3 is 11.6 Å². The number of benzene rings is 3. The van der Waals surface area contributed by atoms with Crippen LogP contribution in [-0.4, -0.2) is 5.97 Å². The lowest BCUT2D eigenvalue weighted by atomic mass is 10.1. The Labute approximate surface area is 192 Å². The number of aryl methyl sites for hydroxylation is 2. The minimum absolute atomic E-state index is 0.0359.